The first kappa shape index (κ1) is 14.2. The van der Waals surface area contributed by atoms with Crippen molar-refractivity contribution >= 4 is 0 Å². The van der Waals surface area contributed by atoms with Crippen molar-refractivity contribution in [1.29, 1.82) is 0 Å². The Kier molecular flexibility index (Phi) is 5.12. The topological polar surface area (TPSA) is 58.3 Å². The summed E-state index contributed by atoms with van der Waals surface area (Å²) in [6.45, 7) is 6.12. The van der Waals surface area contributed by atoms with Crippen molar-refractivity contribution in [2.75, 3.05) is 0 Å². The summed E-state index contributed by atoms with van der Waals surface area (Å²) in [6, 6.07) is 10.1. The van der Waals surface area contributed by atoms with Crippen molar-refractivity contribution in [3.8, 4) is 0 Å². The largest absolute Gasteiger partial charge is 0.390 e. The Balaban J connectivity index is 2.37. The number of hydrogen-bond donors (Lipinski definition) is 3. The monoisotopic (exact) mass is 236 g/mol. The predicted octanol–water partition coefficient (Wildman–Crippen LogP) is 1.65. The van der Waals surface area contributed by atoms with Crippen LogP contribution < -0.4 is 11.1 Å². The second kappa shape index (κ2) is 6.15. The first-order valence-corrected chi connectivity index (χ1v) is 6.14. The molecule has 3 heteroatoms. The number of aliphatic hydroxyl groups is 1. The maximum atomic E-state index is 9.95. The average molecular weight is 236 g/mol. The molecular weight excluding hydrogens is 212 g/mol. The van der Waals surface area contributed by atoms with Crippen molar-refractivity contribution in [3.63, 3.8) is 0 Å². The molecular formula is C14H24N2O. The SMILES string of the molecule is CC(C)(C)NC(N)C(O)CCc1ccccc1. The zero-order chi connectivity index (χ0) is 12.9. The Morgan fingerprint density at radius 1 is 1.24 bits per heavy atom. The van der Waals surface area contributed by atoms with E-state index in [2.05, 4.69) is 17.4 Å². The van der Waals surface area contributed by atoms with Crippen LogP contribution in [0.4, 0.5) is 0 Å². The molecule has 0 aliphatic heterocycles. The second-order valence-electron chi connectivity index (χ2n) is 5.51. The molecule has 0 spiro atoms. The van der Waals surface area contributed by atoms with Gasteiger partial charge in [0, 0.05) is 5.54 Å². The highest BCUT2D eigenvalue weighted by Crippen LogP contribution is 2.08. The summed E-state index contributed by atoms with van der Waals surface area (Å²) in [5.41, 5.74) is 7.06. The van der Waals surface area contributed by atoms with Crippen LogP contribution in [0.2, 0.25) is 0 Å². The lowest BCUT2D eigenvalue weighted by molar-refractivity contribution is 0.107. The number of aliphatic hydroxyl groups excluding tert-OH is 1. The number of nitrogens with one attached hydrogen (secondary N) is 1. The molecule has 0 bridgehead atoms. The molecule has 0 aliphatic carbocycles. The van der Waals surface area contributed by atoms with Crippen LogP contribution in [0.5, 0.6) is 0 Å². The van der Waals surface area contributed by atoms with Gasteiger partial charge in [-0.1, -0.05) is 30.3 Å². The van der Waals surface area contributed by atoms with Crippen LogP contribution >= 0.6 is 0 Å². The molecule has 17 heavy (non-hydrogen) atoms. The van der Waals surface area contributed by atoms with Crippen LogP contribution in [-0.4, -0.2) is 22.9 Å². The molecule has 2 unspecified atom stereocenters. The smallest absolute Gasteiger partial charge is 0.0826 e. The van der Waals surface area contributed by atoms with Crippen LogP contribution in [0.15, 0.2) is 30.3 Å². The van der Waals surface area contributed by atoms with E-state index >= 15 is 0 Å². The van der Waals surface area contributed by atoms with Gasteiger partial charge in [0.05, 0.1) is 12.3 Å². The summed E-state index contributed by atoms with van der Waals surface area (Å²) in [7, 11) is 0. The molecule has 1 aromatic rings. The summed E-state index contributed by atoms with van der Waals surface area (Å²) >= 11 is 0. The van der Waals surface area contributed by atoms with E-state index in [4.69, 9.17) is 5.73 Å². The van der Waals surface area contributed by atoms with E-state index in [1.807, 2.05) is 39.0 Å². The Morgan fingerprint density at radius 2 is 1.82 bits per heavy atom. The molecule has 0 aromatic heterocycles. The highest BCUT2D eigenvalue weighted by molar-refractivity contribution is 5.14. The molecule has 0 saturated heterocycles. The highest BCUT2D eigenvalue weighted by atomic mass is 16.3. The summed E-state index contributed by atoms with van der Waals surface area (Å²) in [4.78, 5) is 0. The maximum Gasteiger partial charge on any atom is 0.0826 e. The fraction of sp³-hybridized carbons (Fsp3) is 0.571. The van der Waals surface area contributed by atoms with Gasteiger partial charge >= 0.3 is 0 Å². The van der Waals surface area contributed by atoms with Crippen LogP contribution in [0.25, 0.3) is 0 Å². The van der Waals surface area contributed by atoms with Gasteiger partial charge in [0.2, 0.25) is 0 Å². The Hall–Kier alpha value is -0.900. The molecule has 0 aliphatic rings. The van der Waals surface area contributed by atoms with Gasteiger partial charge in [-0.25, -0.2) is 0 Å². The summed E-state index contributed by atoms with van der Waals surface area (Å²) in [6.07, 6.45) is 0.628. The summed E-state index contributed by atoms with van der Waals surface area (Å²) in [5, 5.41) is 13.1. The van der Waals surface area contributed by atoms with Gasteiger partial charge in [-0.05, 0) is 39.2 Å². The molecule has 0 saturated carbocycles. The van der Waals surface area contributed by atoms with E-state index in [-0.39, 0.29) is 11.7 Å². The lowest BCUT2D eigenvalue weighted by Crippen LogP contribution is -2.54. The van der Waals surface area contributed by atoms with E-state index in [0.29, 0.717) is 6.42 Å². The summed E-state index contributed by atoms with van der Waals surface area (Å²) in [5.74, 6) is 0. The molecule has 96 valence electrons. The number of rotatable bonds is 5. The molecule has 2 atom stereocenters. The van der Waals surface area contributed by atoms with Crippen molar-refractivity contribution in [1.82, 2.24) is 5.32 Å². The third-order valence-corrected chi connectivity index (χ3v) is 2.59. The molecule has 1 rings (SSSR count). The van der Waals surface area contributed by atoms with Gasteiger partial charge in [-0.3, -0.25) is 5.32 Å². The number of benzene rings is 1. The molecule has 0 radical (unpaired) electrons. The zero-order valence-corrected chi connectivity index (χ0v) is 11.0. The van der Waals surface area contributed by atoms with Crippen molar-refractivity contribution in [3.05, 3.63) is 35.9 Å². The quantitative estimate of drug-likeness (QED) is 0.681. The maximum absolute atomic E-state index is 9.95. The highest BCUT2D eigenvalue weighted by Gasteiger charge is 2.20. The normalized spacial score (nSPS) is 15.6. The first-order chi connectivity index (χ1) is 7.88. The van der Waals surface area contributed by atoms with E-state index in [9.17, 15) is 5.11 Å². The molecule has 0 amide bonds. The minimum Gasteiger partial charge on any atom is -0.390 e. The van der Waals surface area contributed by atoms with Crippen molar-refractivity contribution < 1.29 is 5.11 Å². The van der Waals surface area contributed by atoms with Gasteiger partial charge < -0.3 is 10.8 Å². The van der Waals surface area contributed by atoms with E-state index in [1.165, 1.54) is 5.56 Å². The van der Waals surface area contributed by atoms with E-state index in [1.54, 1.807) is 0 Å². The average Bonchev–Trinajstić information content (AvgIpc) is 2.25. The van der Waals surface area contributed by atoms with Crippen LogP contribution in [0, 0.1) is 0 Å². The molecule has 1 aromatic carbocycles. The van der Waals surface area contributed by atoms with Crippen LogP contribution in [0.3, 0.4) is 0 Å². The zero-order valence-electron chi connectivity index (χ0n) is 11.0. The van der Waals surface area contributed by atoms with Crippen LogP contribution in [0.1, 0.15) is 32.8 Å². The van der Waals surface area contributed by atoms with Gasteiger partial charge in [-0.15, -0.1) is 0 Å². The first-order valence-electron chi connectivity index (χ1n) is 6.14. The predicted molar refractivity (Wildman–Crippen MR) is 71.6 cm³/mol. The number of hydrogen-bond acceptors (Lipinski definition) is 3. The fourth-order valence-corrected chi connectivity index (χ4v) is 1.73. The van der Waals surface area contributed by atoms with Crippen molar-refractivity contribution in [2.24, 2.45) is 5.73 Å². The number of nitrogens with two attached hydrogens (primary N) is 1. The minimum absolute atomic E-state index is 0.0762. The molecule has 0 fully saturated rings. The lowest BCUT2D eigenvalue weighted by Gasteiger charge is -2.29. The van der Waals surface area contributed by atoms with Crippen molar-refractivity contribution in [2.45, 2.75) is 51.4 Å². The Bertz CT molecular complexity index is 319. The van der Waals surface area contributed by atoms with Gasteiger partial charge in [-0.2, -0.15) is 0 Å². The van der Waals surface area contributed by atoms with Gasteiger partial charge in [0.1, 0.15) is 0 Å². The third kappa shape index (κ3) is 5.82. The van der Waals surface area contributed by atoms with E-state index in [0.717, 1.165) is 6.42 Å². The second-order valence-corrected chi connectivity index (χ2v) is 5.51. The third-order valence-electron chi connectivity index (χ3n) is 2.59. The fourth-order valence-electron chi connectivity index (χ4n) is 1.73. The molecule has 0 heterocycles. The van der Waals surface area contributed by atoms with E-state index < -0.39 is 6.10 Å². The minimum atomic E-state index is -0.519. The Morgan fingerprint density at radius 3 is 2.35 bits per heavy atom. The van der Waals surface area contributed by atoms with Gasteiger partial charge in [0.25, 0.3) is 0 Å². The summed E-state index contributed by atoms with van der Waals surface area (Å²) < 4.78 is 0. The van der Waals surface area contributed by atoms with Crippen LogP contribution in [-0.2, 0) is 6.42 Å². The standard InChI is InChI=1S/C14H24N2O/c1-14(2,3)16-13(15)12(17)10-9-11-7-5-4-6-8-11/h4-8,12-13,16-17H,9-10,15H2,1-3H3. The lowest BCUT2D eigenvalue weighted by atomic mass is 10.0. The number of aryl methyl sites for hydroxylation is 1. The Labute approximate surface area is 104 Å². The molecule has 3 nitrogen and oxygen atoms in total. The van der Waals surface area contributed by atoms with Gasteiger partial charge in [0.15, 0.2) is 0 Å². The molecule has 4 N–H and O–H groups in total.